The molecular formula is C28H33N7O3. The Balaban J connectivity index is 1.38. The number of pyridine rings is 1. The molecule has 1 aromatic carbocycles. The first-order chi connectivity index (χ1) is 18.5. The van der Waals surface area contributed by atoms with E-state index in [1.807, 2.05) is 23.7 Å². The summed E-state index contributed by atoms with van der Waals surface area (Å²) in [4.78, 5) is 33.6. The molecule has 0 radical (unpaired) electrons. The number of hydrogen-bond donors (Lipinski definition) is 1. The minimum Gasteiger partial charge on any atom is -0.459 e. The quantitative estimate of drug-likeness (QED) is 0.430. The van der Waals surface area contributed by atoms with E-state index in [0.717, 1.165) is 42.1 Å². The fourth-order valence-corrected chi connectivity index (χ4v) is 5.90. The van der Waals surface area contributed by atoms with Crippen molar-refractivity contribution in [1.82, 2.24) is 35.0 Å². The third-order valence-electron chi connectivity index (χ3n) is 8.16. The average molecular weight is 516 g/mol. The Morgan fingerprint density at radius 3 is 2.55 bits per heavy atom. The molecule has 2 aliphatic rings. The third-order valence-corrected chi connectivity index (χ3v) is 8.16. The molecule has 0 bridgehead atoms. The van der Waals surface area contributed by atoms with E-state index in [4.69, 9.17) is 4.42 Å². The summed E-state index contributed by atoms with van der Waals surface area (Å²) >= 11 is 0. The van der Waals surface area contributed by atoms with Gasteiger partial charge in [-0.15, -0.1) is 5.10 Å². The largest absolute Gasteiger partial charge is 0.459 e. The first-order valence-electron chi connectivity index (χ1n) is 13.5. The molecule has 1 saturated carbocycles. The SMILES string of the molecule is Cc1cc2cc([C@H](c3nnnn3C3CCCCC3)N3CCN(C(=O)c4ccco4)CC3)c(=O)[nH]c2cc1C. The Morgan fingerprint density at radius 1 is 1.05 bits per heavy atom. The molecular weight excluding hydrogens is 482 g/mol. The molecule has 1 atom stereocenters. The zero-order valence-electron chi connectivity index (χ0n) is 21.9. The van der Waals surface area contributed by atoms with Gasteiger partial charge in [-0.05, 0) is 84.0 Å². The van der Waals surface area contributed by atoms with Gasteiger partial charge in [0.2, 0.25) is 0 Å². The van der Waals surface area contributed by atoms with E-state index in [1.165, 1.54) is 18.2 Å². The van der Waals surface area contributed by atoms with Crippen LogP contribution in [0.25, 0.3) is 10.9 Å². The van der Waals surface area contributed by atoms with Gasteiger partial charge in [-0.25, -0.2) is 4.68 Å². The van der Waals surface area contributed by atoms with Crippen molar-refractivity contribution in [2.75, 3.05) is 26.2 Å². The first kappa shape index (κ1) is 24.5. The molecule has 38 heavy (non-hydrogen) atoms. The van der Waals surface area contributed by atoms with Crippen molar-refractivity contribution in [2.45, 2.75) is 58.0 Å². The minimum atomic E-state index is -0.428. The van der Waals surface area contributed by atoms with Crippen LogP contribution >= 0.6 is 0 Å². The number of tetrazole rings is 1. The maximum atomic E-state index is 13.6. The summed E-state index contributed by atoms with van der Waals surface area (Å²) in [6, 6.07) is 9.34. The van der Waals surface area contributed by atoms with Crippen molar-refractivity contribution >= 4 is 16.8 Å². The van der Waals surface area contributed by atoms with Crippen LogP contribution in [-0.4, -0.2) is 67.1 Å². The van der Waals surface area contributed by atoms with Gasteiger partial charge in [-0.3, -0.25) is 14.5 Å². The monoisotopic (exact) mass is 515 g/mol. The second kappa shape index (κ2) is 10.2. The Labute approximate surface area is 220 Å². The van der Waals surface area contributed by atoms with Gasteiger partial charge in [0, 0.05) is 37.3 Å². The second-order valence-corrected chi connectivity index (χ2v) is 10.6. The number of carbonyl (C=O) groups excluding carboxylic acids is 1. The van der Waals surface area contributed by atoms with Crippen LogP contribution in [0.3, 0.4) is 0 Å². The molecule has 10 nitrogen and oxygen atoms in total. The molecule has 1 amide bonds. The summed E-state index contributed by atoms with van der Waals surface area (Å²) in [5.41, 5.74) is 3.61. The fraction of sp³-hybridized carbons (Fsp3) is 0.464. The van der Waals surface area contributed by atoms with E-state index in [2.05, 4.69) is 38.4 Å². The zero-order chi connectivity index (χ0) is 26.2. The van der Waals surface area contributed by atoms with Crippen molar-refractivity contribution < 1.29 is 9.21 Å². The van der Waals surface area contributed by atoms with E-state index in [-0.39, 0.29) is 17.5 Å². The van der Waals surface area contributed by atoms with Crippen LogP contribution in [0.5, 0.6) is 0 Å². The number of piperazine rings is 1. The number of furan rings is 1. The highest BCUT2D eigenvalue weighted by atomic mass is 16.3. The lowest BCUT2D eigenvalue weighted by Gasteiger charge is -2.38. The normalized spacial score (nSPS) is 18.2. The molecule has 10 heteroatoms. The fourth-order valence-electron chi connectivity index (χ4n) is 5.90. The topological polar surface area (TPSA) is 113 Å². The molecule has 1 aliphatic carbocycles. The average Bonchev–Trinajstić information content (AvgIpc) is 3.64. The molecule has 3 aromatic heterocycles. The molecule has 1 saturated heterocycles. The number of aromatic amines is 1. The Kier molecular flexibility index (Phi) is 6.57. The van der Waals surface area contributed by atoms with E-state index in [0.29, 0.717) is 43.3 Å². The molecule has 2 fully saturated rings. The highest BCUT2D eigenvalue weighted by Crippen LogP contribution is 2.33. The Morgan fingerprint density at radius 2 is 1.82 bits per heavy atom. The van der Waals surface area contributed by atoms with Crippen LogP contribution < -0.4 is 5.56 Å². The van der Waals surface area contributed by atoms with Crippen LogP contribution in [0, 0.1) is 13.8 Å². The predicted molar refractivity (Wildman–Crippen MR) is 142 cm³/mol. The highest BCUT2D eigenvalue weighted by molar-refractivity contribution is 5.91. The molecule has 0 unspecified atom stereocenters. The summed E-state index contributed by atoms with van der Waals surface area (Å²) in [6.07, 6.45) is 7.10. The number of nitrogens with one attached hydrogen (secondary N) is 1. The van der Waals surface area contributed by atoms with Crippen LogP contribution in [0.2, 0.25) is 0 Å². The van der Waals surface area contributed by atoms with Crippen LogP contribution in [0.1, 0.15) is 77.3 Å². The lowest BCUT2D eigenvalue weighted by Crippen LogP contribution is -2.51. The maximum absolute atomic E-state index is 13.6. The lowest BCUT2D eigenvalue weighted by molar-refractivity contribution is 0.0556. The van der Waals surface area contributed by atoms with Gasteiger partial charge >= 0.3 is 0 Å². The number of aryl methyl sites for hydroxylation is 2. The first-order valence-corrected chi connectivity index (χ1v) is 13.5. The number of aromatic nitrogens is 5. The van der Waals surface area contributed by atoms with Gasteiger partial charge in [0.15, 0.2) is 11.6 Å². The Bertz CT molecular complexity index is 1490. The van der Waals surface area contributed by atoms with Crippen molar-refractivity contribution in [2.24, 2.45) is 0 Å². The number of H-pyrrole nitrogens is 1. The molecule has 6 rings (SSSR count). The van der Waals surface area contributed by atoms with Gasteiger partial charge in [0.25, 0.3) is 11.5 Å². The van der Waals surface area contributed by atoms with Gasteiger partial charge < -0.3 is 14.3 Å². The van der Waals surface area contributed by atoms with Crippen molar-refractivity contribution in [1.29, 1.82) is 0 Å². The second-order valence-electron chi connectivity index (χ2n) is 10.6. The summed E-state index contributed by atoms with van der Waals surface area (Å²) in [5, 5.41) is 14.0. The van der Waals surface area contributed by atoms with E-state index in [9.17, 15) is 9.59 Å². The number of hydrogen-bond acceptors (Lipinski definition) is 7. The summed E-state index contributed by atoms with van der Waals surface area (Å²) in [7, 11) is 0. The highest BCUT2D eigenvalue weighted by Gasteiger charge is 2.35. The molecule has 4 aromatic rings. The zero-order valence-corrected chi connectivity index (χ0v) is 21.9. The van der Waals surface area contributed by atoms with Crippen molar-refractivity contribution in [3.05, 3.63) is 75.2 Å². The lowest BCUT2D eigenvalue weighted by atomic mass is 9.95. The van der Waals surface area contributed by atoms with Crippen LogP contribution in [0.4, 0.5) is 0 Å². The summed E-state index contributed by atoms with van der Waals surface area (Å²) in [5.74, 6) is 0.914. The predicted octanol–water partition coefficient (Wildman–Crippen LogP) is 3.78. The smallest absolute Gasteiger partial charge is 0.289 e. The number of nitrogens with zero attached hydrogens (tertiary/aromatic N) is 6. The molecule has 1 N–H and O–H groups in total. The number of benzene rings is 1. The standard InChI is InChI=1S/C28H33N7O3/c1-18-15-20-17-22(27(36)29-23(20)16-19(18)2)25(26-30-31-32-35(26)21-7-4-3-5-8-21)33-10-12-34(13-11-33)28(37)24-9-6-14-38-24/h6,9,14-17,21,25H,3-5,7-8,10-13H2,1-2H3,(H,29,36)/t25-/m1/s1. The van der Waals surface area contributed by atoms with E-state index < -0.39 is 6.04 Å². The molecule has 4 heterocycles. The van der Waals surface area contributed by atoms with Gasteiger partial charge in [0.1, 0.15) is 6.04 Å². The van der Waals surface area contributed by atoms with E-state index in [1.54, 1.807) is 17.0 Å². The van der Waals surface area contributed by atoms with Crippen LogP contribution in [0.15, 0.2) is 45.8 Å². The maximum Gasteiger partial charge on any atom is 0.289 e. The van der Waals surface area contributed by atoms with Gasteiger partial charge in [-0.2, -0.15) is 0 Å². The molecule has 1 aliphatic heterocycles. The summed E-state index contributed by atoms with van der Waals surface area (Å²) in [6.45, 7) is 6.33. The van der Waals surface area contributed by atoms with Crippen molar-refractivity contribution in [3.63, 3.8) is 0 Å². The number of carbonyl (C=O) groups is 1. The minimum absolute atomic E-state index is 0.118. The number of amides is 1. The number of rotatable bonds is 5. The number of fused-ring (bicyclic) bond motifs is 1. The summed E-state index contributed by atoms with van der Waals surface area (Å²) < 4.78 is 7.28. The van der Waals surface area contributed by atoms with Gasteiger partial charge in [-0.1, -0.05) is 19.3 Å². The molecule has 0 spiro atoms. The third kappa shape index (κ3) is 4.53. The van der Waals surface area contributed by atoms with Gasteiger partial charge in [0.05, 0.1) is 12.3 Å². The van der Waals surface area contributed by atoms with Crippen LogP contribution in [-0.2, 0) is 0 Å². The van der Waals surface area contributed by atoms with Crippen molar-refractivity contribution in [3.8, 4) is 0 Å². The molecule has 198 valence electrons. The Hall–Kier alpha value is -3.79. The van der Waals surface area contributed by atoms with E-state index >= 15 is 0 Å².